The van der Waals surface area contributed by atoms with Crippen molar-refractivity contribution in [2.24, 2.45) is 10.9 Å². The van der Waals surface area contributed by atoms with Crippen LogP contribution >= 0.6 is 0 Å². The van der Waals surface area contributed by atoms with Gasteiger partial charge in [-0.2, -0.15) is 5.10 Å². The minimum absolute atomic E-state index is 0.683. The first kappa shape index (κ1) is 17.8. The maximum absolute atomic E-state index is 5.15. The van der Waals surface area contributed by atoms with Crippen LogP contribution in [-0.2, 0) is 17.8 Å². The number of ether oxygens (including phenoxy) is 1. The Labute approximate surface area is 139 Å². The lowest BCUT2D eigenvalue weighted by atomic mass is 10.0. The standard InChI is InChI=1S/C17H31N5O/c1-13-7-6-8-21(12-13)17(18-4)19-11-16-14(2)20-22(15(16)3)9-10-23-5/h13H,6-12H2,1-5H3,(H,18,19). The summed E-state index contributed by atoms with van der Waals surface area (Å²) in [5, 5.41) is 8.14. The number of hydrogen-bond donors (Lipinski definition) is 1. The average molecular weight is 321 g/mol. The molecule has 0 bridgehead atoms. The smallest absolute Gasteiger partial charge is 0.193 e. The number of likely N-dealkylation sites (tertiary alicyclic amines) is 1. The summed E-state index contributed by atoms with van der Waals surface area (Å²) < 4.78 is 7.18. The summed E-state index contributed by atoms with van der Waals surface area (Å²) in [4.78, 5) is 6.83. The second-order valence-corrected chi connectivity index (χ2v) is 6.46. The van der Waals surface area contributed by atoms with Crippen LogP contribution in [0.5, 0.6) is 0 Å². The van der Waals surface area contributed by atoms with Gasteiger partial charge >= 0.3 is 0 Å². The molecule has 1 N–H and O–H groups in total. The molecule has 0 aliphatic carbocycles. The molecule has 2 rings (SSSR count). The lowest BCUT2D eigenvalue weighted by Crippen LogP contribution is -2.46. The van der Waals surface area contributed by atoms with E-state index in [1.165, 1.54) is 24.1 Å². The lowest BCUT2D eigenvalue weighted by molar-refractivity contribution is 0.182. The Balaban J connectivity index is 2.00. The minimum atomic E-state index is 0.683. The van der Waals surface area contributed by atoms with Gasteiger partial charge in [0.05, 0.1) is 18.8 Å². The fourth-order valence-corrected chi connectivity index (χ4v) is 3.27. The van der Waals surface area contributed by atoms with Crippen LogP contribution < -0.4 is 5.32 Å². The zero-order valence-corrected chi connectivity index (χ0v) is 15.2. The molecular weight excluding hydrogens is 290 g/mol. The van der Waals surface area contributed by atoms with Gasteiger partial charge in [0.15, 0.2) is 5.96 Å². The van der Waals surface area contributed by atoms with E-state index in [0.717, 1.165) is 43.8 Å². The summed E-state index contributed by atoms with van der Waals surface area (Å²) >= 11 is 0. The number of methoxy groups -OCH3 is 1. The summed E-state index contributed by atoms with van der Waals surface area (Å²) in [6, 6.07) is 0. The van der Waals surface area contributed by atoms with Crippen LogP contribution in [0.2, 0.25) is 0 Å². The second kappa shape index (κ2) is 8.34. The second-order valence-electron chi connectivity index (χ2n) is 6.46. The number of aryl methyl sites for hydroxylation is 1. The number of aliphatic imine (C=N–C) groups is 1. The van der Waals surface area contributed by atoms with Crippen LogP contribution in [-0.4, -0.2) is 54.5 Å². The van der Waals surface area contributed by atoms with E-state index >= 15 is 0 Å². The molecule has 0 radical (unpaired) electrons. The van der Waals surface area contributed by atoms with Gasteiger partial charge in [0.25, 0.3) is 0 Å². The average Bonchev–Trinajstić information content (AvgIpc) is 2.80. The van der Waals surface area contributed by atoms with Crippen molar-refractivity contribution in [2.75, 3.05) is 33.9 Å². The predicted octanol–water partition coefficient (Wildman–Crippen LogP) is 1.95. The molecule has 1 aromatic rings. The van der Waals surface area contributed by atoms with Gasteiger partial charge in [-0.15, -0.1) is 0 Å². The van der Waals surface area contributed by atoms with Crippen molar-refractivity contribution < 1.29 is 4.74 Å². The van der Waals surface area contributed by atoms with Crippen molar-refractivity contribution in [3.05, 3.63) is 17.0 Å². The van der Waals surface area contributed by atoms with E-state index in [4.69, 9.17) is 4.74 Å². The Morgan fingerprint density at radius 2 is 2.22 bits per heavy atom. The highest BCUT2D eigenvalue weighted by Gasteiger charge is 2.20. The molecule has 0 saturated carbocycles. The molecule has 1 unspecified atom stereocenters. The maximum Gasteiger partial charge on any atom is 0.193 e. The molecule has 6 heteroatoms. The highest BCUT2D eigenvalue weighted by atomic mass is 16.5. The molecule has 130 valence electrons. The van der Waals surface area contributed by atoms with Gasteiger partial charge in [0.1, 0.15) is 0 Å². The first-order chi connectivity index (χ1) is 11.1. The van der Waals surface area contributed by atoms with E-state index in [1.54, 1.807) is 7.11 Å². The Kier molecular flexibility index (Phi) is 6.45. The Hall–Kier alpha value is -1.56. The van der Waals surface area contributed by atoms with Crippen LogP contribution in [0.4, 0.5) is 0 Å². The Morgan fingerprint density at radius 1 is 1.43 bits per heavy atom. The van der Waals surface area contributed by atoms with E-state index in [2.05, 4.69) is 41.1 Å². The van der Waals surface area contributed by atoms with Gasteiger partial charge in [0.2, 0.25) is 0 Å². The van der Waals surface area contributed by atoms with E-state index in [0.29, 0.717) is 6.61 Å². The van der Waals surface area contributed by atoms with Gasteiger partial charge < -0.3 is 15.0 Å². The summed E-state index contributed by atoms with van der Waals surface area (Å²) in [6.45, 7) is 10.9. The highest BCUT2D eigenvalue weighted by molar-refractivity contribution is 5.80. The van der Waals surface area contributed by atoms with Crippen LogP contribution in [0.15, 0.2) is 4.99 Å². The van der Waals surface area contributed by atoms with Crippen molar-refractivity contribution in [3.8, 4) is 0 Å². The molecule has 1 saturated heterocycles. The number of rotatable bonds is 5. The van der Waals surface area contributed by atoms with Crippen molar-refractivity contribution in [1.29, 1.82) is 0 Å². The van der Waals surface area contributed by atoms with Crippen molar-refractivity contribution in [3.63, 3.8) is 0 Å². The molecule has 1 atom stereocenters. The van der Waals surface area contributed by atoms with Crippen LogP contribution in [0.1, 0.15) is 36.7 Å². The maximum atomic E-state index is 5.15. The molecule has 1 aliphatic heterocycles. The van der Waals surface area contributed by atoms with Crippen LogP contribution in [0, 0.1) is 19.8 Å². The van der Waals surface area contributed by atoms with Gasteiger partial charge in [-0.05, 0) is 32.6 Å². The van der Waals surface area contributed by atoms with Gasteiger partial charge in [-0.1, -0.05) is 6.92 Å². The SMILES string of the molecule is CN=C(NCc1c(C)nn(CCOC)c1C)N1CCCC(C)C1. The van der Waals surface area contributed by atoms with Crippen molar-refractivity contribution in [1.82, 2.24) is 20.0 Å². The number of hydrogen-bond acceptors (Lipinski definition) is 3. The summed E-state index contributed by atoms with van der Waals surface area (Å²) in [5.74, 6) is 1.74. The topological polar surface area (TPSA) is 54.7 Å². The van der Waals surface area contributed by atoms with Crippen molar-refractivity contribution >= 4 is 5.96 Å². The molecule has 6 nitrogen and oxygen atoms in total. The van der Waals surface area contributed by atoms with E-state index in [9.17, 15) is 0 Å². The monoisotopic (exact) mass is 321 g/mol. The summed E-state index contributed by atoms with van der Waals surface area (Å²) in [5.41, 5.74) is 3.54. The fraction of sp³-hybridized carbons (Fsp3) is 0.765. The quantitative estimate of drug-likeness (QED) is 0.665. The number of aromatic nitrogens is 2. The first-order valence-electron chi connectivity index (χ1n) is 8.54. The zero-order valence-electron chi connectivity index (χ0n) is 15.2. The largest absolute Gasteiger partial charge is 0.383 e. The number of nitrogens with zero attached hydrogens (tertiary/aromatic N) is 4. The third kappa shape index (κ3) is 4.47. The minimum Gasteiger partial charge on any atom is -0.383 e. The van der Waals surface area contributed by atoms with E-state index < -0.39 is 0 Å². The normalized spacial score (nSPS) is 19.3. The third-order valence-electron chi connectivity index (χ3n) is 4.63. The highest BCUT2D eigenvalue weighted by Crippen LogP contribution is 2.16. The van der Waals surface area contributed by atoms with E-state index in [-0.39, 0.29) is 0 Å². The van der Waals surface area contributed by atoms with Crippen LogP contribution in [0.25, 0.3) is 0 Å². The zero-order chi connectivity index (χ0) is 16.8. The van der Waals surface area contributed by atoms with Crippen molar-refractivity contribution in [2.45, 2.75) is 46.7 Å². The van der Waals surface area contributed by atoms with E-state index in [1.807, 2.05) is 11.7 Å². The molecule has 0 aromatic carbocycles. The summed E-state index contributed by atoms with van der Waals surface area (Å²) in [7, 11) is 3.58. The number of guanidine groups is 1. The molecular formula is C17H31N5O. The predicted molar refractivity (Wildman–Crippen MR) is 93.7 cm³/mol. The Bertz CT molecular complexity index is 537. The summed E-state index contributed by atoms with van der Waals surface area (Å²) in [6.07, 6.45) is 2.56. The molecule has 1 aromatic heterocycles. The first-order valence-corrected chi connectivity index (χ1v) is 8.54. The molecule has 23 heavy (non-hydrogen) atoms. The molecule has 1 fully saturated rings. The molecule has 0 spiro atoms. The third-order valence-corrected chi connectivity index (χ3v) is 4.63. The molecule has 1 aliphatic rings. The molecule has 0 amide bonds. The number of nitrogens with one attached hydrogen (secondary N) is 1. The fourth-order valence-electron chi connectivity index (χ4n) is 3.27. The van der Waals surface area contributed by atoms with Gasteiger partial charge in [0, 0.05) is 45.0 Å². The number of piperidine rings is 1. The lowest BCUT2D eigenvalue weighted by Gasteiger charge is -2.33. The Morgan fingerprint density at radius 3 is 2.87 bits per heavy atom. The van der Waals surface area contributed by atoms with Gasteiger partial charge in [-0.3, -0.25) is 9.67 Å². The van der Waals surface area contributed by atoms with Crippen LogP contribution in [0.3, 0.4) is 0 Å². The van der Waals surface area contributed by atoms with Gasteiger partial charge in [-0.25, -0.2) is 0 Å². The molecule has 2 heterocycles.